The zero-order valence-corrected chi connectivity index (χ0v) is 13.7. The van der Waals surface area contributed by atoms with Crippen LogP contribution in [-0.4, -0.2) is 42.7 Å². The van der Waals surface area contributed by atoms with Crippen LogP contribution in [0.15, 0.2) is 41.2 Å². The Labute approximate surface area is 147 Å². The quantitative estimate of drug-likeness (QED) is 0.500. The second-order valence-electron chi connectivity index (χ2n) is 5.62. The number of aliphatic carboxylic acids is 1. The van der Waals surface area contributed by atoms with E-state index in [0.29, 0.717) is 23.2 Å². The molecule has 0 unspecified atom stereocenters. The largest absolute Gasteiger partial charge is 0.480 e. The summed E-state index contributed by atoms with van der Waals surface area (Å²) in [5, 5.41) is 16.3. The maximum absolute atomic E-state index is 10.8. The first-order valence-corrected chi connectivity index (χ1v) is 7.81. The lowest BCUT2D eigenvalue weighted by Crippen LogP contribution is -2.13. The van der Waals surface area contributed by atoms with Crippen molar-refractivity contribution in [2.75, 3.05) is 11.9 Å². The molecule has 26 heavy (non-hydrogen) atoms. The number of fused-ring (bicyclic) bond motifs is 1. The number of pyridine rings is 2. The van der Waals surface area contributed by atoms with Gasteiger partial charge in [-0.1, -0.05) is 5.16 Å². The van der Waals surface area contributed by atoms with E-state index in [1.807, 2.05) is 18.2 Å². The Bertz CT molecular complexity index is 1080. The van der Waals surface area contributed by atoms with Gasteiger partial charge < -0.3 is 19.9 Å². The molecule has 0 atom stereocenters. The number of aromatic amines is 1. The number of H-pyrrole nitrogens is 1. The fourth-order valence-corrected chi connectivity index (χ4v) is 2.60. The maximum atomic E-state index is 10.8. The second-order valence-corrected chi connectivity index (χ2v) is 5.62. The van der Waals surface area contributed by atoms with Crippen LogP contribution in [0.4, 0.5) is 5.82 Å². The fourth-order valence-electron chi connectivity index (χ4n) is 2.60. The summed E-state index contributed by atoms with van der Waals surface area (Å²) in [5.41, 5.74) is 2.92. The first-order chi connectivity index (χ1) is 12.6. The molecule has 0 aliphatic rings. The van der Waals surface area contributed by atoms with Gasteiger partial charge in [-0.3, -0.25) is 9.78 Å². The van der Waals surface area contributed by atoms with Gasteiger partial charge in [0.15, 0.2) is 5.82 Å². The van der Waals surface area contributed by atoms with Gasteiger partial charge in [-0.25, -0.2) is 4.98 Å². The highest BCUT2D eigenvalue weighted by Crippen LogP contribution is 2.29. The van der Waals surface area contributed by atoms with Crippen LogP contribution in [0.5, 0.6) is 0 Å². The topological polar surface area (TPSA) is 130 Å². The number of rotatable bonds is 5. The highest BCUT2D eigenvalue weighted by molar-refractivity contribution is 5.94. The molecule has 0 aliphatic carbocycles. The Balaban J connectivity index is 1.73. The van der Waals surface area contributed by atoms with Crippen molar-refractivity contribution in [2.24, 2.45) is 0 Å². The molecule has 0 aliphatic heterocycles. The molecular formula is C17H14N6O3. The number of carbonyl (C=O) groups is 1. The summed E-state index contributed by atoms with van der Waals surface area (Å²) >= 11 is 0. The van der Waals surface area contributed by atoms with E-state index in [0.717, 1.165) is 22.2 Å². The van der Waals surface area contributed by atoms with Crippen LogP contribution in [0.3, 0.4) is 0 Å². The predicted octanol–water partition coefficient (Wildman–Crippen LogP) is 2.48. The summed E-state index contributed by atoms with van der Waals surface area (Å²) in [6, 6.07) is 7.36. The van der Waals surface area contributed by atoms with E-state index in [1.54, 1.807) is 25.4 Å². The summed E-state index contributed by atoms with van der Waals surface area (Å²) in [5.74, 6) is 0.460. The van der Waals surface area contributed by atoms with Crippen LogP contribution in [0.25, 0.3) is 33.7 Å². The zero-order chi connectivity index (χ0) is 18.1. The molecule has 0 aromatic carbocycles. The SMILES string of the molecule is Cc1noc(-c2ccc(-c3cc(NCC(=O)O)nc4[nH]ccc34)nc2)n1. The average molecular weight is 350 g/mol. The Hall–Kier alpha value is -3.75. The maximum Gasteiger partial charge on any atom is 0.322 e. The van der Waals surface area contributed by atoms with Crippen molar-refractivity contribution in [1.82, 2.24) is 25.1 Å². The summed E-state index contributed by atoms with van der Waals surface area (Å²) in [7, 11) is 0. The lowest BCUT2D eigenvalue weighted by Gasteiger charge is -2.08. The number of hydrogen-bond donors (Lipinski definition) is 3. The molecule has 0 saturated carbocycles. The van der Waals surface area contributed by atoms with Crippen LogP contribution in [0.2, 0.25) is 0 Å². The van der Waals surface area contributed by atoms with Gasteiger partial charge in [-0.2, -0.15) is 4.98 Å². The molecule has 0 fully saturated rings. The molecule has 9 nitrogen and oxygen atoms in total. The fraction of sp³-hybridized carbons (Fsp3) is 0.118. The summed E-state index contributed by atoms with van der Waals surface area (Å²) in [6.45, 7) is 1.53. The molecule has 4 heterocycles. The van der Waals surface area contributed by atoms with E-state index in [2.05, 4.69) is 30.4 Å². The molecule has 0 spiro atoms. The number of nitrogens with zero attached hydrogens (tertiary/aromatic N) is 4. The lowest BCUT2D eigenvalue weighted by atomic mass is 10.1. The van der Waals surface area contributed by atoms with Gasteiger partial charge in [0.25, 0.3) is 5.89 Å². The summed E-state index contributed by atoms with van der Waals surface area (Å²) < 4.78 is 5.15. The number of hydrogen-bond acceptors (Lipinski definition) is 7. The van der Waals surface area contributed by atoms with E-state index in [1.165, 1.54) is 0 Å². The Morgan fingerprint density at radius 2 is 2.19 bits per heavy atom. The van der Waals surface area contributed by atoms with E-state index in [-0.39, 0.29) is 6.54 Å². The third-order valence-electron chi connectivity index (χ3n) is 3.76. The second kappa shape index (κ2) is 6.28. The van der Waals surface area contributed by atoms with Crippen molar-refractivity contribution < 1.29 is 14.4 Å². The normalized spacial score (nSPS) is 11.0. The van der Waals surface area contributed by atoms with Gasteiger partial charge in [0.05, 0.1) is 11.3 Å². The number of carboxylic acids is 1. The van der Waals surface area contributed by atoms with Crippen molar-refractivity contribution in [3.8, 4) is 22.7 Å². The minimum atomic E-state index is -0.961. The summed E-state index contributed by atoms with van der Waals surface area (Å²) in [6.07, 6.45) is 3.43. The molecule has 0 bridgehead atoms. The van der Waals surface area contributed by atoms with Crippen LogP contribution in [0, 0.1) is 6.92 Å². The van der Waals surface area contributed by atoms with Crippen LogP contribution >= 0.6 is 0 Å². The number of nitrogens with one attached hydrogen (secondary N) is 2. The number of anilines is 1. The zero-order valence-electron chi connectivity index (χ0n) is 13.7. The Morgan fingerprint density at radius 1 is 1.31 bits per heavy atom. The van der Waals surface area contributed by atoms with Gasteiger partial charge in [0.1, 0.15) is 18.0 Å². The number of aromatic nitrogens is 5. The average Bonchev–Trinajstić information content (AvgIpc) is 3.28. The third kappa shape index (κ3) is 2.97. The molecule has 0 amide bonds. The molecule has 0 radical (unpaired) electrons. The predicted molar refractivity (Wildman–Crippen MR) is 93.5 cm³/mol. The molecule has 4 rings (SSSR count). The first-order valence-electron chi connectivity index (χ1n) is 7.81. The standard InChI is InChI=1S/C17H14N6O3/c1-9-21-17(26-23-9)10-2-3-13(19-7-10)12-6-14(20-8-15(24)25)22-16-11(12)4-5-18-16/h2-7H,8H2,1H3,(H,24,25)(H2,18,20,22). The van der Waals surface area contributed by atoms with Crippen molar-refractivity contribution in [1.29, 1.82) is 0 Å². The Morgan fingerprint density at radius 3 is 2.88 bits per heavy atom. The monoisotopic (exact) mass is 350 g/mol. The van der Waals surface area contributed by atoms with Crippen molar-refractivity contribution in [2.45, 2.75) is 6.92 Å². The smallest absolute Gasteiger partial charge is 0.322 e. The molecule has 4 aromatic rings. The molecule has 130 valence electrons. The minimum absolute atomic E-state index is 0.221. The third-order valence-corrected chi connectivity index (χ3v) is 3.76. The minimum Gasteiger partial charge on any atom is -0.480 e. The lowest BCUT2D eigenvalue weighted by molar-refractivity contribution is -0.134. The number of carboxylic acid groups (broad SMARTS) is 1. The van der Waals surface area contributed by atoms with E-state index < -0.39 is 5.97 Å². The van der Waals surface area contributed by atoms with Gasteiger partial charge >= 0.3 is 5.97 Å². The molecular weight excluding hydrogens is 336 g/mol. The van der Waals surface area contributed by atoms with Crippen molar-refractivity contribution in [3.05, 3.63) is 42.5 Å². The first kappa shape index (κ1) is 15.8. The highest BCUT2D eigenvalue weighted by atomic mass is 16.5. The molecule has 9 heteroatoms. The van der Waals surface area contributed by atoms with E-state index in [4.69, 9.17) is 9.63 Å². The van der Waals surface area contributed by atoms with Gasteiger partial charge in [-0.15, -0.1) is 0 Å². The number of aryl methyl sites for hydroxylation is 1. The molecule has 3 N–H and O–H groups in total. The van der Waals surface area contributed by atoms with Crippen molar-refractivity contribution in [3.63, 3.8) is 0 Å². The van der Waals surface area contributed by atoms with Crippen molar-refractivity contribution >= 4 is 22.8 Å². The Kier molecular flexibility index (Phi) is 3.81. The van der Waals surface area contributed by atoms with Gasteiger partial charge in [-0.05, 0) is 31.2 Å². The molecule has 0 saturated heterocycles. The van der Waals surface area contributed by atoms with Crippen LogP contribution in [-0.2, 0) is 4.79 Å². The van der Waals surface area contributed by atoms with E-state index in [9.17, 15) is 4.79 Å². The summed E-state index contributed by atoms with van der Waals surface area (Å²) in [4.78, 5) is 26.9. The van der Waals surface area contributed by atoms with Crippen LogP contribution in [0.1, 0.15) is 5.82 Å². The van der Waals surface area contributed by atoms with E-state index >= 15 is 0 Å². The molecule has 4 aromatic heterocycles. The highest BCUT2D eigenvalue weighted by Gasteiger charge is 2.12. The van der Waals surface area contributed by atoms with Crippen LogP contribution < -0.4 is 5.32 Å². The van der Waals surface area contributed by atoms with Gasteiger partial charge in [0, 0.05) is 23.3 Å². The van der Waals surface area contributed by atoms with Gasteiger partial charge in [0.2, 0.25) is 0 Å².